The number of benzene rings is 1. The van der Waals surface area contributed by atoms with Crippen molar-refractivity contribution in [2.24, 2.45) is 0 Å². The zero-order valence-corrected chi connectivity index (χ0v) is 17.7. The summed E-state index contributed by atoms with van der Waals surface area (Å²) in [6.07, 6.45) is 1.75. The fourth-order valence-corrected chi connectivity index (χ4v) is 3.62. The highest BCUT2D eigenvalue weighted by Gasteiger charge is 2.15. The maximum absolute atomic E-state index is 12.6. The molecule has 0 spiro atoms. The Morgan fingerprint density at radius 2 is 2.00 bits per heavy atom. The van der Waals surface area contributed by atoms with Crippen molar-refractivity contribution < 1.29 is 19.4 Å². The topological polar surface area (TPSA) is 121 Å². The first-order valence-electron chi connectivity index (χ1n) is 9.08. The van der Waals surface area contributed by atoms with Crippen LogP contribution in [-0.4, -0.2) is 34.6 Å². The van der Waals surface area contributed by atoms with Gasteiger partial charge in [-0.2, -0.15) is 0 Å². The third kappa shape index (κ3) is 5.77. The monoisotopic (exact) mass is 429 g/mol. The zero-order valence-electron chi connectivity index (χ0n) is 16.8. The summed E-state index contributed by atoms with van der Waals surface area (Å²) in [6.45, 7) is 3.98. The molecule has 0 aliphatic heterocycles. The van der Waals surface area contributed by atoms with Crippen LogP contribution < -0.4 is 15.6 Å². The maximum Gasteiger partial charge on any atom is 0.290 e. The second-order valence-electron chi connectivity index (χ2n) is 6.42. The van der Waals surface area contributed by atoms with Crippen molar-refractivity contribution >= 4 is 23.7 Å². The molecule has 0 bridgehead atoms. The number of methoxy groups -OCH3 is 1. The highest BCUT2D eigenvalue weighted by Crippen LogP contribution is 2.32. The third-order valence-corrected chi connectivity index (χ3v) is 5.12. The first-order chi connectivity index (χ1) is 14.4. The number of carboxylic acid groups (broad SMARTS) is 1. The van der Waals surface area contributed by atoms with Gasteiger partial charge in [-0.15, -0.1) is 11.3 Å². The summed E-state index contributed by atoms with van der Waals surface area (Å²) >= 11 is 1.50. The Kier molecular flexibility index (Phi) is 8.30. The first kappa shape index (κ1) is 22.8. The molecular formula is C21H23N3O5S. The summed E-state index contributed by atoms with van der Waals surface area (Å²) in [5, 5.41) is 10.6. The minimum absolute atomic E-state index is 0.0419. The lowest BCUT2D eigenvalue weighted by atomic mass is 10.0. The van der Waals surface area contributed by atoms with Gasteiger partial charge in [0.1, 0.15) is 10.8 Å². The molecule has 1 amide bonds. The molecule has 3 aromatic rings. The van der Waals surface area contributed by atoms with Gasteiger partial charge in [0.25, 0.3) is 12.4 Å². The van der Waals surface area contributed by atoms with E-state index in [0.29, 0.717) is 17.8 Å². The molecule has 0 unspecified atom stereocenters. The Hall–Kier alpha value is -3.46. The van der Waals surface area contributed by atoms with Crippen LogP contribution in [0.5, 0.6) is 5.75 Å². The average molecular weight is 429 g/mol. The van der Waals surface area contributed by atoms with Gasteiger partial charge in [-0.05, 0) is 24.1 Å². The number of nitrogens with one attached hydrogen (secondary N) is 2. The highest BCUT2D eigenvalue weighted by atomic mass is 32.1. The van der Waals surface area contributed by atoms with Crippen LogP contribution in [0.3, 0.4) is 0 Å². The van der Waals surface area contributed by atoms with E-state index in [2.05, 4.69) is 15.3 Å². The van der Waals surface area contributed by atoms with Gasteiger partial charge in [0.05, 0.1) is 24.8 Å². The molecule has 9 heteroatoms. The predicted octanol–water partition coefficient (Wildman–Crippen LogP) is 3.26. The largest absolute Gasteiger partial charge is 0.496 e. The number of carbonyl (C=O) groups is 2. The number of thiazole rings is 1. The van der Waals surface area contributed by atoms with Crippen molar-refractivity contribution in [1.82, 2.24) is 15.3 Å². The Labute approximate surface area is 177 Å². The molecule has 0 aliphatic rings. The number of carbonyl (C=O) groups excluding carboxylic acids is 1. The van der Waals surface area contributed by atoms with Crippen LogP contribution in [0.1, 0.15) is 40.7 Å². The second kappa shape index (κ2) is 10.9. The molecule has 0 fully saturated rings. The van der Waals surface area contributed by atoms with Gasteiger partial charge in [-0.25, -0.2) is 4.98 Å². The molecule has 0 saturated heterocycles. The van der Waals surface area contributed by atoms with Crippen molar-refractivity contribution in [2.45, 2.75) is 26.3 Å². The van der Waals surface area contributed by atoms with Crippen LogP contribution in [0.15, 0.2) is 47.4 Å². The quantitative estimate of drug-likeness (QED) is 0.517. The number of nitrogens with zero attached hydrogens (tertiary/aromatic N) is 1. The van der Waals surface area contributed by atoms with Gasteiger partial charge >= 0.3 is 0 Å². The van der Waals surface area contributed by atoms with Crippen LogP contribution in [0.25, 0.3) is 10.6 Å². The molecule has 30 heavy (non-hydrogen) atoms. The number of H-pyrrole nitrogens is 1. The number of aromatic amines is 1. The lowest BCUT2D eigenvalue weighted by molar-refractivity contribution is -0.122. The smallest absolute Gasteiger partial charge is 0.290 e. The van der Waals surface area contributed by atoms with Crippen LogP contribution in [0, 0.1) is 0 Å². The first-order valence-corrected chi connectivity index (χ1v) is 9.90. The van der Waals surface area contributed by atoms with E-state index in [1.807, 2.05) is 38.1 Å². The van der Waals surface area contributed by atoms with E-state index < -0.39 is 0 Å². The number of hydrogen-bond donors (Lipinski definition) is 3. The number of hydrogen-bond acceptors (Lipinski definition) is 6. The van der Waals surface area contributed by atoms with E-state index in [4.69, 9.17) is 14.6 Å². The van der Waals surface area contributed by atoms with Gasteiger partial charge < -0.3 is 20.1 Å². The van der Waals surface area contributed by atoms with E-state index in [1.54, 1.807) is 19.4 Å². The summed E-state index contributed by atoms with van der Waals surface area (Å²) in [5.74, 6) is 0.583. The third-order valence-electron chi connectivity index (χ3n) is 4.09. The SMILES string of the molecule is COc1ccccc1-c1ncc(CNC(=O)c2ccc(=O)[nH]c2C(C)C)s1.O=CO. The summed E-state index contributed by atoms with van der Waals surface area (Å²) in [6, 6.07) is 10.6. The summed E-state index contributed by atoms with van der Waals surface area (Å²) in [7, 11) is 1.63. The predicted molar refractivity (Wildman–Crippen MR) is 115 cm³/mol. The molecule has 1 aromatic carbocycles. The molecule has 3 rings (SSSR count). The molecular weight excluding hydrogens is 406 g/mol. The second-order valence-corrected chi connectivity index (χ2v) is 7.54. The van der Waals surface area contributed by atoms with E-state index in [0.717, 1.165) is 21.2 Å². The maximum atomic E-state index is 12.6. The Morgan fingerprint density at radius 1 is 1.30 bits per heavy atom. The van der Waals surface area contributed by atoms with Crippen molar-refractivity contribution in [3.05, 3.63) is 69.1 Å². The van der Waals surface area contributed by atoms with Crippen LogP contribution >= 0.6 is 11.3 Å². The fraction of sp³-hybridized carbons (Fsp3) is 0.238. The number of ether oxygens (including phenoxy) is 1. The summed E-state index contributed by atoms with van der Waals surface area (Å²) < 4.78 is 5.38. The van der Waals surface area contributed by atoms with Crippen molar-refractivity contribution in [3.63, 3.8) is 0 Å². The van der Waals surface area contributed by atoms with Crippen molar-refractivity contribution in [3.8, 4) is 16.3 Å². The Bertz CT molecular complexity index is 1060. The van der Waals surface area contributed by atoms with Gasteiger partial charge in [-0.1, -0.05) is 26.0 Å². The lowest BCUT2D eigenvalue weighted by Crippen LogP contribution is -2.26. The van der Waals surface area contributed by atoms with Gasteiger partial charge in [-0.3, -0.25) is 14.4 Å². The number of pyridine rings is 1. The zero-order chi connectivity index (χ0) is 22.1. The molecule has 3 N–H and O–H groups in total. The van der Waals surface area contributed by atoms with Gasteiger partial charge in [0.2, 0.25) is 5.56 Å². The standard InChI is InChI=1S/C20H21N3O3S.CH2O2/c1-12(2)18-15(8-9-17(24)23-18)19(25)21-10-13-11-22-20(27-13)14-6-4-5-7-16(14)26-3;2-1-3/h4-9,11-12H,10H2,1-3H3,(H,21,25)(H,23,24);1H,(H,2,3). The van der Waals surface area contributed by atoms with Gasteiger partial charge in [0, 0.05) is 22.8 Å². The average Bonchev–Trinajstić information content (AvgIpc) is 3.21. The van der Waals surface area contributed by atoms with E-state index >= 15 is 0 Å². The molecule has 0 radical (unpaired) electrons. The minimum Gasteiger partial charge on any atom is -0.496 e. The van der Waals surface area contributed by atoms with Gasteiger partial charge in [0.15, 0.2) is 0 Å². The minimum atomic E-state index is -0.250. The van der Waals surface area contributed by atoms with Crippen molar-refractivity contribution in [2.75, 3.05) is 7.11 Å². The fourth-order valence-electron chi connectivity index (χ4n) is 2.74. The van der Waals surface area contributed by atoms with E-state index in [1.165, 1.54) is 17.4 Å². The normalized spacial score (nSPS) is 10.1. The molecule has 0 atom stereocenters. The van der Waals surface area contributed by atoms with Crippen LogP contribution in [-0.2, 0) is 11.3 Å². The Balaban J connectivity index is 0.00000101. The van der Waals surface area contributed by atoms with Crippen LogP contribution in [0.4, 0.5) is 0 Å². The van der Waals surface area contributed by atoms with E-state index in [-0.39, 0.29) is 23.9 Å². The highest BCUT2D eigenvalue weighted by molar-refractivity contribution is 7.15. The number of para-hydroxylation sites is 1. The van der Waals surface area contributed by atoms with Crippen molar-refractivity contribution in [1.29, 1.82) is 0 Å². The molecule has 158 valence electrons. The number of amides is 1. The molecule has 2 aromatic heterocycles. The number of aromatic nitrogens is 2. The molecule has 2 heterocycles. The molecule has 0 aliphatic carbocycles. The van der Waals surface area contributed by atoms with E-state index in [9.17, 15) is 9.59 Å². The summed E-state index contributed by atoms with van der Waals surface area (Å²) in [5.41, 5.74) is 1.84. The lowest BCUT2D eigenvalue weighted by Gasteiger charge is -2.11. The summed E-state index contributed by atoms with van der Waals surface area (Å²) in [4.78, 5) is 40.6. The number of rotatable bonds is 6. The molecule has 8 nitrogen and oxygen atoms in total. The Morgan fingerprint density at radius 3 is 2.67 bits per heavy atom. The van der Waals surface area contributed by atoms with Crippen LogP contribution in [0.2, 0.25) is 0 Å². The molecule has 0 saturated carbocycles.